The molecule has 1 aliphatic heterocycles. The average molecular weight is 337 g/mol. The van der Waals surface area contributed by atoms with Gasteiger partial charge < -0.3 is 9.42 Å². The Balaban J connectivity index is 1.95. The van der Waals surface area contributed by atoms with Crippen LogP contribution in [0.1, 0.15) is 51.9 Å². The van der Waals surface area contributed by atoms with Gasteiger partial charge in [-0.15, -0.1) is 0 Å². The van der Waals surface area contributed by atoms with E-state index in [0.29, 0.717) is 12.4 Å². The van der Waals surface area contributed by atoms with Crippen LogP contribution in [0.5, 0.6) is 0 Å². The van der Waals surface area contributed by atoms with Crippen LogP contribution in [-0.4, -0.2) is 77.6 Å². The van der Waals surface area contributed by atoms with Crippen molar-refractivity contribution in [3.8, 4) is 0 Å². The first-order chi connectivity index (χ1) is 11.2. The minimum absolute atomic E-state index is 0.0955. The zero-order chi connectivity index (χ0) is 17.9. The van der Waals surface area contributed by atoms with Gasteiger partial charge in [0.25, 0.3) is 0 Å². The number of nitrogens with zero attached hydrogens (tertiary/aromatic N) is 5. The van der Waals surface area contributed by atoms with Crippen molar-refractivity contribution in [1.29, 1.82) is 0 Å². The van der Waals surface area contributed by atoms with Crippen molar-refractivity contribution in [2.75, 3.05) is 46.8 Å². The molecule has 1 aromatic heterocycles. The van der Waals surface area contributed by atoms with Gasteiger partial charge in [0.1, 0.15) is 0 Å². The van der Waals surface area contributed by atoms with E-state index in [0.717, 1.165) is 38.4 Å². The molecule has 1 aliphatic rings. The normalized spacial score (nSPS) is 19.1. The smallest absolute Gasteiger partial charge is 0.243 e. The highest BCUT2D eigenvalue weighted by Crippen LogP contribution is 2.24. The Kier molecular flexibility index (Phi) is 5.98. The third-order valence-electron chi connectivity index (χ3n) is 4.50. The molecule has 0 saturated carbocycles. The summed E-state index contributed by atoms with van der Waals surface area (Å²) in [6.45, 7) is 12.5. The number of amides is 1. The standard InChI is InChI=1S/C17H31N5O2/c1-13(15-18-16(19-24-15)17(2,3)4)22-9-7-8-21(10-11-22)12-14(23)20(5)6/h13H,7-12H2,1-6H3/t13-/m1/s1. The van der Waals surface area contributed by atoms with Crippen molar-refractivity contribution in [2.24, 2.45) is 0 Å². The lowest BCUT2D eigenvalue weighted by molar-refractivity contribution is -0.129. The first-order valence-corrected chi connectivity index (χ1v) is 8.69. The van der Waals surface area contributed by atoms with Crippen LogP contribution in [0.4, 0.5) is 0 Å². The number of hydrogen-bond acceptors (Lipinski definition) is 6. The SMILES string of the molecule is C[C@H](c1nc(C(C)(C)C)no1)N1CCCN(CC(=O)N(C)C)CC1. The zero-order valence-electron chi connectivity index (χ0n) is 15.9. The summed E-state index contributed by atoms with van der Waals surface area (Å²) in [5.74, 6) is 1.58. The number of aromatic nitrogens is 2. The number of carbonyl (C=O) groups excluding carboxylic acids is 1. The first-order valence-electron chi connectivity index (χ1n) is 8.69. The van der Waals surface area contributed by atoms with Crippen molar-refractivity contribution in [2.45, 2.75) is 45.6 Å². The molecule has 1 atom stereocenters. The van der Waals surface area contributed by atoms with Crippen molar-refractivity contribution >= 4 is 5.91 Å². The molecule has 7 nitrogen and oxygen atoms in total. The van der Waals surface area contributed by atoms with Gasteiger partial charge in [-0.3, -0.25) is 14.6 Å². The Hall–Kier alpha value is -1.47. The van der Waals surface area contributed by atoms with E-state index in [1.807, 2.05) is 0 Å². The second kappa shape index (κ2) is 7.61. The highest BCUT2D eigenvalue weighted by Gasteiger charge is 2.27. The van der Waals surface area contributed by atoms with Gasteiger partial charge in [-0.1, -0.05) is 25.9 Å². The van der Waals surface area contributed by atoms with Crippen molar-refractivity contribution in [1.82, 2.24) is 24.8 Å². The number of rotatable bonds is 4. The molecule has 1 amide bonds. The lowest BCUT2D eigenvalue weighted by Gasteiger charge is -2.25. The number of likely N-dealkylation sites (N-methyl/N-ethyl adjacent to an activating group) is 1. The third kappa shape index (κ3) is 4.77. The van der Waals surface area contributed by atoms with Gasteiger partial charge in [-0.25, -0.2) is 0 Å². The molecule has 1 saturated heterocycles. The predicted octanol–water partition coefficient (Wildman–Crippen LogP) is 1.52. The van der Waals surface area contributed by atoms with E-state index in [1.54, 1.807) is 19.0 Å². The van der Waals surface area contributed by atoms with Gasteiger partial charge in [0.15, 0.2) is 5.82 Å². The second-order valence-electron chi connectivity index (χ2n) is 7.84. The summed E-state index contributed by atoms with van der Waals surface area (Å²) in [7, 11) is 3.60. The average Bonchev–Trinajstić information content (AvgIpc) is 2.89. The lowest BCUT2D eigenvalue weighted by atomic mass is 9.96. The number of carbonyl (C=O) groups is 1. The molecular weight excluding hydrogens is 306 g/mol. The van der Waals surface area contributed by atoms with Gasteiger partial charge in [-0.2, -0.15) is 4.98 Å². The Morgan fingerprint density at radius 1 is 1.25 bits per heavy atom. The fourth-order valence-corrected chi connectivity index (χ4v) is 2.73. The van der Waals surface area contributed by atoms with E-state index < -0.39 is 0 Å². The van der Waals surface area contributed by atoms with Crippen molar-refractivity contribution in [3.05, 3.63) is 11.7 Å². The summed E-state index contributed by atoms with van der Waals surface area (Å²) in [4.78, 5) is 22.7. The fraction of sp³-hybridized carbons (Fsp3) is 0.824. The first kappa shape index (κ1) is 18.9. The molecule has 1 aromatic rings. The van der Waals surface area contributed by atoms with E-state index in [2.05, 4.69) is 47.6 Å². The minimum atomic E-state index is -0.108. The topological polar surface area (TPSA) is 65.7 Å². The maximum atomic E-state index is 11.9. The van der Waals surface area contributed by atoms with Crippen molar-refractivity contribution < 1.29 is 9.32 Å². The highest BCUT2D eigenvalue weighted by molar-refractivity contribution is 5.77. The molecule has 0 aromatic carbocycles. The summed E-state index contributed by atoms with van der Waals surface area (Å²) in [5, 5.41) is 4.13. The molecule has 0 aliphatic carbocycles. The van der Waals surface area contributed by atoms with Crippen LogP contribution >= 0.6 is 0 Å². The quantitative estimate of drug-likeness (QED) is 0.830. The van der Waals surface area contributed by atoms with E-state index in [-0.39, 0.29) is 17.4 Å². The van der Waals surface area contributed by atoms with Gasteiger partial charge in [0.05, 0.1) is 12.6 Å². The maximum absolute atomic E-state index is 11.9. The van der Waals surface area contributed by atoms with E-state index in [1.165, 1.54) is 0 Å². The Morgan fingerprint density at radius 2 is 1.96 bits per heavy atom. The van der Waals surface area contributed by atoms with Crippen LogP contribution in [0.3, 0.4) is 0 Å². The zero-order valence-corrected chi connectivity index (χ0v) is 15.9. The molecule has 1 fully saturated rings. The van der Waals surface area contributed by atoms with Crippen LogP contribution in [-0.2, 0) is 10.2 Å². The largest absolute Gasteiger partial charge is 0.348 e. The van der Waals surface area contributed by atoms with Gasteiger partial charge in [0, 0.05) is 39.1 Å². The van der Waals surface area contributed by atoms with Crippen LogP contribution in [0.15, 0.2) is 4.52 Å². The minimum Gasteiger partial charge on any atom is -0.348 e. The van der Waals surface area contributed by atoms with Crippen LogP contribution in [0, 0.1) is 0 Å². The van der Waals surface area contributed by atoms with Crippen LogP contribution in [0.25, 0.3) is 0 Å². The summed E-state index contributed by atoms with van der Waals surface area (Å²) in [5.41, 5.74) is -0.108. The fourth-order valence-electron chi connectivity index (χ4n) is 2.73. The van der Waals surface area contributed by atoms with Gasteiger partial charge in [-0.05, 0) is 19.9 Å². The summed E-state index contributed by atoms with van der Waals surface area (Å²) >= 11 is 0. The van der Waals surface area contributed by atoms with Crippen LogP contribution in [0.2, 0.25) is 0 Å². The van der Waals surface area contributed by atoms with E-state index in [9.17, 15) is 4.79 Å². The van der Waals surface area contributed by atoms with Gasteiger partial charge >= 0.3 is 0 Å². The monoisotopic (exact) mass is 337 g/mol. The Morgan fingerprint density at radius 3 is 2.54 bits per heavy atom. The molecule has 0 N–H and O–H groups in total. The second-order valence-corrected chi connectivity index (χ2v) is 7.84. The lowest BCUT2D eigenvalue weighted by Crippen LogP contribution is -2.39. The third-order valence-corrected chi connectivity index (χ3v) is 4.50. The summed E-state index contributed by atoms with van der Waals surface area (Å²) in [6.07, 6.45) is 1.03. The molecule has 0 radical (unpaired) electrons. The molecular formula is C17H31N5O2. The Bertz CT molecular complexity index is 549. The molecule has 2 rings (SSSR count). The summed E-state index contributed by atoms with van der Waals surface area (Å²) < 4.78 is 5.49. The summed E-state index contributed by atoms with van der Waals surface area (Å²) in [6, 6.07) is 0.0955. The molecule has 24 heavy (non-hydrogen) atoms. The molecule has 0 unspecified atom stereocenters. The predicted molar refractivity (Wildman–Crippen MR) is 92.7 cm³/mol. The molecule has 2 heterocycles. The maximum Gasteiger partial charge on any atom is 0.243 e. The van der Waals surface area contributed by atoms with E-state index in [4.69, 9.17) is 4.52 Å². The van der Waals surface area contributed by atoms with Crippen LogP contribution < -0.4 is 0 Å². The van der Waals surface area contributed by atoms with E-state index >= 15 is 0 Å². The molecule has 7 heteroatoms. The van der Waals surface area contributed by atoms with Gasteiger partial charge in [0.2, 0.25) is 11.8 Å². The van der Waals surface area contributed by atoms with Crippen molar-refractivity contribution in [3.63, 3.8) is 0 Å². The highest BCUT2D eigenvalue weighted by atomic mass is 16.5. The molecule has 136 valence electrons. The molecule has 0 bridgehead atoms. The Labute approximate surface area is 145 Å². The number of hydrogen-bond donors (Lipinski definition) is 0. The molecule has 0 spiro atoms.